The van der Waals surface area contributed by atoms with E-state index in [9.17, 15) is 0 Å². The van der Waals surface area contributed by atoms with E-state index >= 15 is 0 Å². The van der Waals surface area contributed by atoms with Crippen LogP contribution in [0, 0.1) is 0 Å². The predicted octanol–water partition coefficient (Wildman–Crippen LogP) is 1.30. The van der Waals surface area contributed by atoms with Gasteiger partial charge in [-0.25, -0.2) is 0 Å². The quantitative estimate of drug-likeness (QED) is 0.493. The molecule has 2 saturated heterocycles. The topological polar surface area (TPSA) is 18.5 Å². The van der Waals surface area contributed by atoms with E-state index in [-0.39, 0.29) is 12.4 Å². The first-order valence-electron chi connectivity index (χ1n) is 4.88. The van der Waals surface area contributed by atoms with Crippen LogP contribution in [0.4, 0.5) is 0 Å². The average Bonchev–Trinajstić information content (AvgIpc) is 2.25. The summed E-state index contributed by atoms with van der Waals surface area (Å²) in [4.78, 5) is 0. The molecule has 2 nitrogen and oxygen atoms in total. The van der Waals surface area contributed by atoms with Crippen molar-refractivity contribution in [2.24, 2.45) is 0 Å². The summed E-state index contributed by atoms with van der Waals surface area (Å²) in [7, 11) is 0. The van der Waals surface area contributed by atoms with E-state index in [4.69, 9.17) is 13.6 Å². The van der Waals surface area contributed by atoms with Gasteiger partial charge in [-0.15, -0.1) is 0 Å². The van der Waals surface area contributed by atoms with Crippen molar-refractivity contribution < 1.29 is 13.6 Å². The summed E-state index contributed by atoms with van der Waals surface area (Å²) < 4.78 is 32.2. The van der Waals surface area contributed by atoms with Crippen molar-refractivity contribution in [3.05, 3.63) is 0 Å². The standard InChI is InChI=1S/C7H12O2/c1-5-6-3-2-4-7(8-5)9-6/h5-7H,2-4H2,1H3/t5-,6+,7-/m1/s1/i1D3. The van der Waals surface area contributed by atoms with Crippen LogP contribution in [0.1, 0.15) is 30.2 Å². The molecule has 2 bridgehead atoms. The van der Waals surface area contributed by atoms with Gasteiger partial charge in [0.15, 0.2) is 6.29 Å². The van der Waals surface area contributed by atoms with Crippen LogP contribution in [0.2, 0.25) is 0 Å². The molecule has 0 aromatic carbocycles. The Bertz CT molecular complexity index is 180. The average molecular weight is 131 g/mol. The first-order chi connectivity index (χ1) is 5.57. The summed E-state index contributed by atoms with van der Waals surface area (Å²) in [5.41, 5.74) is 0. The van der Waals surface area contributed by atoms with Crippen LogP contribution in [0.3, 0.4) is 0 Å². The molecule has 2 heterocycles. The van der Waals surface area contributed by atoms with Crippen LogP contribution in [0.5, 0.6) is 0 Å². The van der Waals surface area contributed by atoms with Gasteiger partial charge in [0.2, 0.25) is 0 Å². The molecule has 0 aliphatic carbocycles. The maximum absolute atomic E-state index is 7.21. The lowest BCUT2D eigenvalue weighted by molar-refractivity contribution is -0.0855. The van der Waals surface area contributed by atoms with Crippen molar-refractivity contribution in [3.8, 4) is 0 Å². The molecule has 0 amide bonds. The SMILES string of the molecule is [2H]C([2H])([2H])[C@H]1O[C@H]2CCC[C@@H]1O2. The van der Waals surface area contributed by atoms with Gasteiger partial charge < -0.3 is 9.47 Å². The summed E-state index contributed by atoms with van der Waals surface area (Å²) in [6.07, 6.45) is 1.53. The number of hydrogen-bond acceptors (Lipinski definition) is 2. The molecule has 2 aliphatic rings. The lowest BCUT2D eigenvalue weighted by atomic mass is 10.1. The van der Waals surface area contributed by atoms with Crippen LogP contribution < -0.4 is 0 Å². The Morgan fingerprint density at radius 2 is 2.44 bits per heavy atom. The van der Waals surface area contributed by atoms with E-state index in [0.29, 0.717) is 0 Å². The van der Waals surface area contributed by atoms with Crippen molar-refractivity contribution in [1.29, 1.82) is 0 Å². The van der Waals surface area contributed by atoms with E-state index in [1.54, 1.807) is 0 Å². The van der Waals surface area contributed by atoms with Crippen molar-refractivity contribution in [2.45, 2.75) is 44.6 Å². The summed E-state index contributed by atoms with van der Waals surface area (Å²) in [5, 5.41) is 0. The van der Waals surface area contributed by atoms with Gasteiger partial charge in [-0.2, -0.15) is 0 Å². The molecule has 0 aromatic rings. The fraction of sp³-hybridized carbons (Fsp3) is 1.00. The summed E-state index contributed by atoms with van der Waals surface area (Å²) in [6.45, 7) is -2.02. The Labute approximate surface area is 59.4 Å². The lowest BCUT2D eigenvalue weighted by Gasteiger charge is -2.16. The summed E-state index contributed by atoms with van der Waals surface area (Å²) >= 11 is 0. The second kappa shape index (κ2) is 1.96. The highest BCUT2D eigenvalue weighted by Crippen LogP contribution is 2.30. The van der Waals surface area contributed by atoms with E-state index in [2.05, 4.69) is 0 Å². The summed E-state index contributed by atoms with van der Waals surface area (Å²) in [6, 6.07) is 0. The van der Waals surface area contributed by atoms with Crippen molar-refractivity contribution >= 4 is 0 Å². The maximum Gasteiger partial charge on any atom is 0.158 e. The molecule has 3 atom stereocenters. The second-order valence-electron chi connectivity index (χ2n) is 2.59. The van der Waals surface area contributed by atoms with Crippen LogP contribution in [0.25, 0.3) is 0 Å². The van der Waals surface area contributed by atoms with E-state index in [1.807, 2.05) is 0 Å². The third-order valence-electron chi connectivity index (χ3n) is 1.89. The van der Waals surface area contributed by atoms with Gasteiger partial charge in [-0.05, 0) is 26.1 Å². The number of hydrogen-bond donors (Lipinski definition) is 0. The molecule has 2 rings (SSSR count). The summed E-state index contributed by atoms with van der Waals surface area (Å²) in [5.74, 6) is 0. The lowest BCUT2D eigenvalue weighted by Crippen LogP contribution is -2.21. The molecule has 0 N–H and O–H groups in total. The zero-order chi connectivity index (χ0) is 8.77. The fourth-order valence-corrected chi connectivity index (χ4v) is 1.39. The van der Waals surface area contributed by atoms with Crippen molar-refractivity contribution in [2.75, 3.05) is 0 Å². The largest absolute Gasteiger partial charge is 0.347 e. The van der Waals surface area contributed by atoms with E-state index in [1.165, 1.54) is 0 Å². The Morgan fingerprint density at radius 3 is 3.22 bits per heavy atom. The molecular weight excluding hydrogens is 116 g/mol. The van der Waals surface area contributed by atoms with Gasteiger partial charge in [0, 0.05) is 4.11 Å². The predicted molar refractivity (Wildman–Crippen MR) is 33.1 cm³/mol. The minimum absolute atomic E-state index is 0.198. The maximum atomic E-state index is 7.21. The highest BCUT2D eigenvalue weighted by atomic mass is 16.7. The van der Waals surface area contributed by atoms with Crippen LogP contribution in [-0.2, 0) is 9.47 Å². The van der Waals surface area contributed by atoms with Crippen LogP contribution >= 0.6 is 0 Å². The number of fused-ring (bicyclic) bond motifs is 2. The van der Waals surface area contributed by atoms with Gasteiger partial charge in [0.25, 0.3) is 0 Å². The van der Waals surface area contributed by atoms with Gasteiger partial charge in [-0.1, -0.05) is 0 Å². The Kier molecular flexibility index (Phi) is 0.729. The first kappa shape index (κ1) is 3.35. The van der Waals surface area contributed by atoms with Gasteiger partial charge in [-0.3, -0.25) is 0 Å². The van der Waals surface area contributed by atoms with Crippen LogP contribution in [0.15, 0.2) is 0 Å². The molecule has 52 valence electrons. The molecule has 2 aliphatic heterocycles. The molecule has 0 saturated carbocycles. The van der Waals surface area contributed by atoms with E-state index < -0.39 is 13.0 Å². The van der Waals surface area contributed by atoms with Gasteiger partial charge >= 0.3 is 0 Å². The Hall–Kier alpha value is -0.0800. The number of rotatable bonds is 0. The normalized spacial score (nSPS) is 56.0. The molecule has 0 unspecified atom stereocenters. The molecule has 2 heteroatoms. The molecule has 9 heavy (non-hydrogen) atoms. The Morgan fingerprint density at radius 1 is 1.44 bits per heavy atom. The first-order valence-corrected chi connectivity index (χ1v) is 3.38. The zero-order valence-corrected chi connectivity index (χ0v) is 5.17. The van der Waals surface area contributed by atoms with Gasteiger partial charge in [0.1, 0.15) is 0 Å². The fourth-order valence-electron chi connectivity index (χ4n) is 1.39. The minimum atomic E-state index is -2.02. The molecular formula is C7H12O2. The third-order valence-corrected chi connectivity index (χ3v) is 1.89. The third kappa shape index (κ3) is 0.864. The zero-order valence-electron chi connectivity index (χ0n) is 8.17. The molecule has 0 aromatic heterocycles. The minimum Gasteiger partial charge on any atom is -0.347 e. The second-order valence-corrected chi connectivity index (χ2v) is 2.59. The Balaban J connectivity index is 2.09. The molecule has 2 fully saturated rings. The van der Waals surface area contributed by atoms with Gasteiger partial charge in [0.05, 0.1) is 12.2 Å². The van der Waals surface area contributed by atoms with Crippen LogP contribution in [-0.4, -0.2) is 18.5 Å². The van der Waals surface area contributed by atoms with E-state index in [0.717, 1.165) is 19.3 Å². The molecule has 0 spiro atoms. The number of ether oxygens (including phenoxy) is 2. The van der Waals surface area contributed by atoms with Crippen molar-refractivity contribution in [1.82, 2.24) is 0 Å². The monoisotopic (exact) mass is 131 g/mol. The molecule has 0 radical (unpaired) electrons. The van der Waals surface area contributed by atoms with Crippen molar-refractivity contribution in [3.63, 3.8) is 0 Å². The highest BCUT2D eigenvalue weighted by Gasteiger charge is 2.35. The smallest absolute Gasteiger partial charge is 0.158 e. The highest BCUT2D eigenvalue weighted by molar-refractivity contribution is 4.78.